The lowest BCUT2D eigenvalue weighted by Gasteiger charge is -2.24. The van der Waals surface area contributed by atoms with E-state index in [1.54, 1.807) is 7.11 Å². The number of anilines is 2. The first-order valence-corrected chi connectivity index (χ1v) is 15.1. The van der Waals surface area contributed by atoms with Crippen LogP contribution in [0.4, 0.5) is 11.8 Å². The van der Waals surface area contributed by atoms with Crippen molar-refractivity contribution in [2.45, 2.75) is 58.0 Å². The standard InChI is InChI=1S/C32H41N7O2.CH4O/c1-4-5-17-35-31-30-29(37-32(33)38-31)25-8-6-7-9-26(25)39(30)20-23-19-22(12-15-27(23)41-3)21-10-13-24(14-11-21)36-28(40)16-18-34-2;1-2/h6-10,12,15,19,24,34H,4-5,11,13-14,16-18,20H2,1-3H3,(H,36,40)(H3,33,35,37,38);2H,1H3. The average molecular weight is 588 g/mol. The Balaban J connectivity index is 0.00000207. The van der Waals surface area contributed by atoms with E-state index >= 15 is 0 Å². The molecule has 0 radical (unpaired) electrons. The first-order valence-electron chi connectivity index (χ1n) is 15.1. The van der Waals surface area contributed by atoms with E-state index in [-0.39, 0.29) is 17.9 Å². The minimum absolute atomic E-state index is 0.105. The van der Waals surface area contributed by atoms with Crippen LogP contribution in [-0.4, -0.2) is 65.9 Å². The molecule has 0 aliphatic heterocycles. The van der Waals surface area contributed by atoms with Crippen molar-refractivity contribution in [3.63, 3.8) is 0 Å². The number of amides is 1. The third kappa shape index (κ3) is 7.44. The highest BCUT2D eigenvalue weighted by molar-refractivity contribution is 6.09. The van der Waals surface area contributed by atoms with Crippen molar-refractivity contribution >= 4 is 45.2 Å². The Morgan fingerprint density at radius 3 is 2.70 bits per heavy atom. The molecule has 10 heteroatoms. The van der Waals surface area contributed by atoms with Crippen LogP contribution < -0.4 is 26.4 Å². The number of aliphatic hydroxyl groups excluding tert-OH is 1. The predicted octanol–water partition coefficient (Wildman–Crippen LogP) is 4.71. The number of hydrogen-bond acceptors (Lipinski definition) is 8. The smallest absolute Gasteiger partial charge is 0.222 e. The Morgan fingerprint density at radius 2 is 1.98 bits per heavy atom. The fourth-order valence-electron chi connectivity index (χ4n) is 5.65. The number of methoxy groups -OCH3 is 1. The van der Waals surface area contributed by atoms with Crippen LogP contribution in [0.25, 0.3) is 27.5 Å². The number of carbonyl (C=O) groups is 1. The van der Waals surface area contributed by atoms with Crippen molar-refractivity contribution in [3.05, 3.63) is 59.7 Å². The number of nitrogens with two attached hydrogens (primary N) is 1. The molecule has 0 fully saturated rings. The number of benzene rings is 2. The molecule has 1 atom stereocenters. The molecule has 0 saturated heterocycles. The van der Waals surface area contributed by atoms with Gasteiger partial charge in [0, 0.05) is 43.6 Å². The number of carbonyl (C=O) groups excluding carboxylic acids is 1. The van der Waals surface area contributed by atoms with Gasteiger partial charge in [-0.1, -0.05) is 43.7 Å². The van der Waals surface area contributed by atoms with E-state index in [1.807, 2.05) is 19.2 Å². The molecule has 5 rings (SSSR count). The van der Waals surface area contributed by atoms with Gasteiger partial charge in [-0.2, -0.15) is 4.98 Å². The molecule has 2 aromatic carbocycles. The lowest BCUT2D eigenvalue weighted by molar-refractivity contribution is -0.121. The number of ether oxygens (including phenoxy) is 1. The molecular weight excluding hydrogens is 542 g/mol. The quantitative estimate of drug-likeness (QED) is 0.150. The molecular formula is C33H45N7O3. The number of rotatable bonds is 12. The maximum absolute atomic E-state index is 12.2. The Kier molecular flexibility index (Phi) is 11.4. The monoisotopic (exact) mass is 587 g/mol. The molecule has 0 bridgehead atoms. The number of para-hydroxylation sites is 1. The molecule has 4 aromatic rings. The summed E-state index contributed by atoms with van der Waals surface area (Å²) in [6.45, 7) is 4.27. The molecule has 1 aliphatic rings. The fourth-order valence-corrected chi connectivity index (χ4v) is 5.65. The van der Waals surface area contributed by atoms with Crippen molar-refractivity contribution in [3.8, 4) is 5.75 Å². The predicted molar refractivity (Wildman–Crippen MR) is 175 cm³/mol. The highest BCUT2D eigenvalue weighted by atomic mass is 16.5. The number of nitrogens with one attached hydrogen (secondary N) is 3. The summed E-state index contributed by atoms with van der Waals surface area (Å²) in [4.78, 5) is 21.5. The Hall–Kier alpha value is -4.15. The van der Waals surface area contributed by atoms with Gasteiger partial charge < -0.3 is 36.1 Å². The van der Waals surface area contributed by atoms with Gasteiger partial charge in [0.15, 0.2) is 5.82 Å². The van der Waals surface area contributed by atoms with Crippen LogP contribution in [-0.2, 0) is 11.3 Å². The van der Waals surface area contributed by atoms with Gasteiger partial charge in [0.1, 0.15) is 16.8 Å². The second-order valence-corrected chi connectivity index (χ2v) is 10.7. The van der Waals surface area contributed by atoms with E-state index in [2.05, 4.69) is 73.8 Å². The largest absolute Gasteiger partial charge is 0.496 e. The highest BCUT2D eigenvalue weighted by Crippen LogP contribution is 2.35. The molecule has 2 aromatic heterocycles. The van der Waals surface area contributed by atoms with Gasteiger partial charge >= 0.3 is 0 Å². The van der Waals surface area contributed by atoms with Crippen LogP contribution in [0.2, 0.25) is 0 Å². The topological polar surface area (TPSA) is 139 Å². The number of fused-ring (bicyclic) bond motifs is 3. The maximum atomic E-state index is 12.2. The summed E-state index contributed by atoms with van der Waals surface area (Å²) >= 11 is 0. The minimum Gasteiger partial charge on any atom is -0.496 e. The molecule has 2 heterocycles. The molecule has 1 amide bonds. The van der Waals surface area contributed by atoms with Gasteiger partial charge in [0.05, 0.1) is 19.2 Å². The van der Waals surface area contributed by atoms with Gasteiger partial charge in [-0.25, -0.2) is 4.98 Å². The van der Waals surface area contributed by atoms with Crippen LogP contribution >= 0.6 is 0 Å². The summed E-state index contributed by atoms with van der Waals surface area (Å²) in [5, 5.41) is 17.8. The fraction of sp³-hybridized carbons (Fsp3) is 0.424. The molecule has 1 unspecified atom stereocenters. The number of nitrogens with zero attached hydrogens (tertiary/aromatic N) is 3. The zero-order valence-electron chi connectivity index (χ0n) is 25.7. The first-order chi connectivity index (χ1) is 21.0. The number of hydrogen-bond donors (Lipinski definition) is 5. The summed E-state index contributed by atoms with van der Waals surface area (Å²) in [6, 6.07) is 14.9. The van der Waals surface area contributed by atoms with Crippen molar-refractivity contribution in [2.24, 2.45) is 0 Å². The summed E-state index contributed by atoms with van der Waals surface area (Å²) in [5.41, 5.74) is 12.6. The highest BCUT2D eigenvalue weighted by Gasteiger charge is 2.21. The van der Waals surface area contributed by atoms with E-state index in [1.165, 1.54) is 11.1 Å². The summed E-state index contributed by atoms with van der Waals surface area (Å²) < 4.78 is 8.10. The van der Waals surface area contributed by atoms with Crippen molar-refractivity contribution in [1.29, 1.82) is 0 Å². The van der Waals surface area contributed by atoms with Gasteiger partial charge in [-0.3, -0.25) is 4.79 Å². The lowest BCUT2D eigenvalue weighted by Crippen LogP contribution is -2.36. The van der Waals surface area contributed by atoms with Crippen LogP contribution in [0.3, 0.4) is 0 Å². The van der Waals surface area contributed by atoms with Gasteiger partial charge in [0.25, 0.3) is 0 Å². The number of aromatic nitrogens is 3. The summed E-state index contributed by atoms with van der Waals surface area (Å²) in [5.74, 6) is 1.96. The molecule has 0 saturated carbocycles. The summed E-state index contributed by atoms with van der Waals surface area (Å²) in [6.07, 6.45) is 7.57. The van der Waals surface area contributed by atoms with E-state index in [9.17, 15) is 4.79 Å². The van der Waals surface area contributed by atoms with Gasteiger partial charge in [0.2, 0.25) is 11.9 Å². The zero-order valence-corrected chi connectivity index (χ0v) is 25.7. The maximum Gasteiger partial charge on any atom is 0.222 e. The van der Waals surface area contributed by atoms with Crippen LogP contribution in [0, 0.1) is 0 Å². The van der Waals surface area contributed by atoms with Crippen molar-refractivity contribution < 1.29 is 14.6 Å². The van der Waals surface area contributed by atoms with E-state index in [4.69, 9.17) is 15.6 Å². The third-order valence-corrected chi connectivity index (χ3v) is 7.80. The first kappa shape index (κ1) is 31.8. The molecule has 43 heavy (non-hydrogen) atoms. The van der Waals surface area contributed by atoms with E-state index in [0.717, 1.165) is 84.8 Å². The van der Waals surface area contributed by atoms with Gasteiger partial charge in [-0.15, -0.1) is 0 Å². The second-order valence-electron chi connectivity index (χ2n) is 10.7. The van der Waals surface area contributed by atoms with E-state index in [0.29, 0.717) is 19.5 Å². The molecule has 10 nitrogen and oxygen atoms in total. The van der Waals surface area contributed by atoms with Crippen LogP contribution in [0.1, 0.15) is 56.6 Å². The van der Waals surface area contributed by atoms with E-state index < -0.39 is 0 Å². The van der Waals surface area contributed by atoms with Crippen LogP contribution in [0.5, 0.6) is 5.75 Å². The van der Waals surface area contributed by atoms with Crippen LogP contribution in [0.15, 0.2) is 48.5 Å². The normalized spacial score (nSPS) is 14.6. The third-order valence-electron chi connectivity index (χ3n) is 7.80. The molecule has 0 spiro atoms. The number of unbranched alkanes of at least 4 members (excludes halogenated alkanes) is 1. The average Bonchev–Trinajstić information content (AvgIpc) is 3.34. The van der Waals surface area contributed by atoms with Crippen molar-refractivity contribution in [1.82, 2.24) is 25.2 Å². The number of nitrogen functional groups attached to an aromatic ring is 1. The molecule has 6 N–H and O–H groups in total. The van der Waals surface area contributed by atoms with Gasteiger partial charge in [-0.05, 0) is 62.1 Å². The minimum atomic E-state index is 0.105. The SMILES string of the molecule is CCCCNc1nc(N)nc2c3ccccc3n(Cc3cc(C4=CCC(NC(=O)CCNC)CC4)ccc3OC)c12.CO. The Labute approximate surface area is 253 Å². The zero-order chi connectivity index (χ0) is 30.8. The lowest BCUT2D eigenvalue weighted by atomic mass is 9.90. The van der Waals surface area contributed by atoms with Crippen molar-refractivity contribution in [2.75, 3.05) is 45.4 Å². The second kappa shape index (κ2) is 15.4. The Bertz CT molecular complexity index is 1560. The Morgan fingerprint density at radius 1 is 1.16 bits per heavy atom. The summed E-state index contributed by atoms with van der Waals surface area (Å²) in [7, 11) is 4.58. The number of allylic oxidation sites excluding steroid dienone is 1. The molecule has 230 valence electrons. The number of aliphatic hydroxyl groups is 1. The molecule has 1 aliphatic carbocycles.